The number of nitrogens with zero attached hydrogens (tertiary/aromatic N) is 2. The van der Waals surface area contributed by atoms with E-state index in [2.05, 4.69) is 9.97 Å². The van der Waals surface area contributed by atoms with Gasteiger partial charge in [0.1, 0.15) is 5.75 Å². The lowest BCUT2D eigenvalue weighted by atomic mass is 10.2. The molecule has 0 radical (unpaired) electrons. The average Bonchev–Trinajstić information content (AvgIpc) is 2.49. The Morgan fingerprint density at radius 3 is 2.29 bits per heavy atom. The van der Waals surface area contributed by atoms with Gasteiger partial charge in [0.2, 0.25) is 0 Å². The van der Waals surface area contributed by atoms with Crippen LogP contribution in [-0.4, -0.2) is 15.9 Å². The highest BCUT2D eigenvalue weighted by atomic mass is 16.5. The molecular weight excluding hydrogens is 264 g/mol. The van der Waals surface area contributed by atoms with Gasteiger partial charge in [-0.1, -0.05) is 18.2 Å². The molecule has 104 valence electrons. The summed E-state index contributed by atoms with van der Waals surface area (Å²) in [5.41, 5.74) is 3.79. The summed E-state index contributed by atoms with van der Waals surface area (Å²) in [5, 5.41) is 0. The van der Waals surface area contributed by atoms with Gasteiger partial charge in [0.15, 0.2) is 0 Å². The van der Waals surface area contributed by atoms with E-state index in [0.29, 0.717) is 11.3 Å². The maximum absolute atomic E-state index is 12.0. The van der Waals surface area contributed by atoms with Crippen LogP contribution in [0.5, 0.6) is 5.75 Å². The van der Waals surface area contributed by atoms with Crippen molar-refractivity contribution in [2.75, 3.05) is 0 Å². The Labute approximate surface area is 122 Å². The summed E-state index contributed by atoms with van der Waals surface area (Å²) < 4.78 is 5.37. The molecule has 0 saturated carbocycles. The van der Waals surface area contributed by atoms with Crippen molar-refractivity contribution in [3.05, 3.63) is 65.5 Å². The second-order valence-corrected chi connectivity index (χ2v) is 4.80. The molecule has 0 atom stereocenters. The van der Waals surface area contributed by atoms with Gasteiger partial charge in [0.25, 0.3) is 0 Å². The maximum atomic E-state index is 12.0. The molecule has 0 unspecified atom stereocenters. The van der Waals surface area contributed by atoms with Gasteiger partial charge in [-0.25, -0.2) is 14.8 Å². The number of ether oxygens (including phenoxy) is 1. The van der Waals surface area contributed by atoms with E-state index in [0.717, 1.165) is 22.4 Å². The predicted octanol–water partition coefficient (Wildman–Crippen LogP) is 3.47. The molecule has 0 fully saturated rings. The van der Waals surface area contributed by atoms with Crippen LogP contribution < -0.4 is 4.74 Å². The number of benzene rings is 2. The first-order valence-corrected chi connectivity index (χ1v) is 6.66. The van der Waals surface area contributed by atoms with E-state index in [1.807, 2.05) is 26.0 Å². The number of rotatable bonds is 2. The third-order valence-electron chi connectivity index (χ3n) is 3.27. The number of aromatic nitrogens is 2. The zero-order valence-corrected chi connectivity index (χ0v) is 11.8. The molecule has 0 aliphatic heterocycles. The van der Waals surface area contributed by atoms with Crippen molar-refractivity contribution in [3.8, 4) is 5.75 Å². The second-order valence-electron chi connectivity index (χ2n) is 4.80. The number of esters is 1. The summed E-state index contributed by atoms with van der Waals surface area (Å²) in [6.45, 7) is 3.83. The molecule has 4 nitrogen and oxygen atoms in total. The van der Waals surface area contributed by atoms with Crippen LogP contribution in [-0.2, 0) is 0 Å². The van der Waals surface area contributed by atoms with Gasteiger partial charge in [-0.05, 0) is 38.1 Å². The van der Waals surface area contributed by atoms with Crippen LogP contribution in [0.25, 0.3) is 11.0 Å². The summed E-state index contributed by atoms with van der Waals surface area (Å²) in [4.78, 5) is 20.9. The van der Waals surface area contributed by atoms with E-state index in [1.54, 1.807) is 36.4 Å². The average molecular weight is 278 g/mol. The molecule has 2 aromatic carbocycles. The Kier molecular flexibility index (Phi) is 3.36. The number of hydrogen-bond donors (Lipinski definition) is 0. The molecule has 3 aromatic rings. The molecule has 21 heavy (non-hydrogen) atoms. The zero-order valence-electron chi connectivity index (χ0n) is 11.8. The van der Waals surface area contributed by atoms with Crippen molar-refractivity contribution in [1.82, 2.24) is 9.97 Å². The summed E-state index contributed by atoms with van der Waals surface area (Å²) in [6.07, 6.45) is 0. The van der Waals surface area contributed by atoms with E-state index in [9.17, 15) is 4.79 Å². The first kappa shape index (κ1) is 13.2. The lowest BCUT2D eigenvalue weighted by molar-refractivity contribution is 0.0735. The van der Waals surface area contributed by atoms with Crippen LogP contribution in [0.1, 0.15) is 21.7 Å². The maximum Gasteiger partial charge on any atom is 0.343 e. The quantitative estimate of drug-likeness (QED) is 0.532. The van der Waals surface area contributed by atoms with Crippen LogP contribution in [0.4, 0.5) is 0 Å². The minimum absolute atomic E-state index is 0.383. The molecule has 0 bridgehead atoms. The normalized spacial score (nSPS) is 10.6. The van der Waals surface area contributed by atoms with E-state index in [-0.39, 0.29) is 5.97 Å². The lowest BCUT2D eigenvalue weighted by Crippen LogP contribution is -2.08. The molecule has 0 aliphatic carbocycles. The summed E-state index contributed by atoms with van der Waals surface area (Å²) >= 11 is 0. The van der Waals surface area contributed by atoms with Crippen LogP contribution >= 0.6 is 0 Å². The Bertz CT molecular complexity index is 814. The van der Waals surface area contributed by atoms with Crippen molar-refractivity contribution in [2.45, 2.75) is 13.8 Å². The van der Waals surface area contributed by atoms with Gasteiger partial charge in [-0.15, -0.1) is 0 Å². The smallest absolute Gasteiger partial charge is 0.343 e. The molecule has 4 heteroatoms. The molecule has 1 heterocycles. The van der Waals surface area contributed by atoms with Gasteiger partial charge in [0.05, 0.1) is 28.0 Å². The van der Waals surface area contributed by atoms with Crippen molar-refractivity contribution in [1.29, 1.82) is 0 Å². The highest BCUT2D eigenvalue weighted by Crippen LogP contribution is 2.20. The van der Waals surface area contributed by atoms with Crippen LogP contribution in [0.2, 0.25) is 0 Å². The van der Waals surface area contributed by atoms with E-state index in [4.69, 9.17) is 4.74 Å². The number of carbonyl (C=O) groups excluding carboxylic acids is 1. The van der Waals surface area contributed by atoms with Crippen molar-refractivity contribution in [3.63, 3.8) is 0 Å². The number of fused-ring (bicyclic) bond motifs is 1. The Morgan fingerprint density at radius 1 is 0.905 bits per heavy atom. The Balaban J connectivity index is 1.91. The standard InChI is InChI=1S/C17H14N2O2/c1-11-12(2)19-16-10-14(8-9-15(16)18-11)21-17(20)13-6-4-3-5-7-13/h3-10H,1-2H3. The number of aryl methyl sites for hydroxylation is 2. The van der Waals surface area contributed by atoms with Crippen LogP contribution in [0, 0.1) is 13.8 Å². The van der Waals surface area contributed by atoms with Gasteiger partial charge in [-0.2, -0.15) is 0 Å². The third-order valence-corrected chi connectivity index (χ3v) is 3.27. The molecule has 0 amide bonds. The van der Waals surface area contributed by atoms with Gasteiger partial charge in [0, 0.05) is 6.07 Å². The number of carbonyl (C=O) groups is 1. The SMILES string of the molecule is Cc1nc2ccc(OC(=O)c3ccccc3)cc2nc1C. The molecule has 0 aliphatic rings. The Hall–Kier alpha value is -2.75. The fourth-order valence-corrected chi connectivity index (χ4v) is 2.01. The molecule has 0 saturated heterocycles. The fourth-order valence-electron chi connectivity index (χ4n) is 2.01. The van der Waals surface area contributed by atoms with Crippen LogP contribution in [0.3, 0.4) is 0 Å². The summed E-state index contributed by atoms with van der Waals surface area (Å²) in [5.74, 6) is 0.0839. The van der Waals surface area contributed by atoms with Crippen molar-refractivity contribution >= 4 is 17.0 Å². The van der Waals surface area contributed by atoms with Gasteiger partial charge in [-0.3, -0.25) is 0 Å². The first-order valence-electron chi connectivity index (χ1n) is 6.66. The highest BCUT2D eigenvalue weighted by Gasteiger charge is 2.09. The Morgan fingerprint density at radius 2 is 1.57 bits per heavy atom. The predicted molar refractivity (Wildman–Crippen MR) is 80.4 cm³/mol. The van der Waals surface area contributed by atoms with E-state index in [1.165, 1.54) is 0 Å². The van der Waals surface area contributed by atoms with Gasteiger partial charge < -0.3 is 4.74 Å². The third kappa shape index (κ3) is 2.74. The highest BCUT2D eigenvalue weighted by molar-refractivity contribution is 5.91. The minimum Gasteiger partial charge on any atom is -0.423 e. The van der Waals surface area contributed by atoms with Crippen LogP contribution in [0.15, 0.2) is 48.5 Å². The molecular formula is C17H14N2O2. The van der Waals surface area contributed by atoms with E-state index >= 15 is 0 Å². The van der Waals surface area contributed by atoms with Crippen molar-refractivity contribution in [2.24, 2.45) is 0 Å². The molecule has 0 spiro atoms. The minimum atomic E-state index is -0.383. The molecule has 0 N–H and O–H groups in total. The molecule has 3 rings (SSSR count). The van der Waals surface area contributed by atoms with E-state index < -0.39 is 0 Å². The summed E-state index contributed by atoms with van der Waals surface area (Å²) in [7, 11) is 0. The molecule has 1 aromatic heterocycles. The second kappa shape index (κ2) is 5.32. The largest absolute Gasteiger partial charge is 0.423 e. The van der Waals surface area contributed by atoms with Crippen molar-refractivity contribution < 1.29 is 9.53 Å². The fraction of sp³-hybridized carbons (Fsp3) is 0.118. The topological polar surface area (TPSA) is 52.1 Å². The first-order chi connectivity index (χ1) is 10.1. The lowest BCUT2D eigenvalue weighted by Gasteiger charge is -2.06. The number of hydrogen-bond acceptors (Lipinski definition) is 4. The monoisotopic (exact) mass is 278 g/mol. The summed E-state index contributed by atoms with van der Waals surface area (Å²) in [6, 6.07) is 14.2. The zero-order chi connectivity index (χ0) is 14.8. The van der Waals surface area contributed by atoms with Gasteiger partial charge >= 0.3 is 5.97 Å².